The Kier molecular flexibility index (Phi) is 4.93. The summed E-state index contributed by atoms with van der Waals surface area (Å²) in [5.41, 5.74) is 1.84. The van der Waals surface area contributed by atoms with E-state index >= 15 is 0 Å². The zero-order chi connectivity index (χ0) is 15.6. The Morgan fingerprint density at radius 3 is 2.67 bits per heavy atom. The van der Waals surface area contributed by atoms with Crippen molar-refractivity contribution in [3.8, 4) is 0 Å². The van der Waals surface area contributed by atoms with Crippen LogP contribution in [0.15, 0.2) is 23.1 Å². The van der Waals surface area contributed by atoms with Gasteiger partial charge < -0.3 is 9.80 Å². The lowest BCUT2D eigenvalue weighted by Crippen LogP contribution is -2.45. The van der Waals surface area contributed by atoms with Gasteiger partial charge in [-0.05, 0) is 43.7 Å². The van der Waals surface area contributed by atoms with E-state index < -0.39 is 0 Å². The van der Waals surface area contributed by atoms with Crippen molar-refractivity contribution < 1.29 is 9.59 Å². The Balaban J connectivity index is 2.29. The minimum Gasteiger partial charge on any atom is -0.347 e. The van der Waals surface area contributed by atoms with Gasteiger partial charge >= 0.3 is 0 Å². The Morgan fingerprint density at radius 1 is 1.33 bits per heavy atom. The highest BCUT2D eigenvalue weighted by molar-refractivity contribution is 7.98. The molecule has 0 aliphatic carbocycles. The topological polar surface area (TPSA) is 40.6 Å². The SMILES string of the molecule is CSc1cc(C)ccc1C(=O)N1CCC[C@H]1C(=O)N(C)C. The van der Waals surface area contributed by atoms with Crippen LogP contribution in [0.1, 0.15) is 28.8 Å². The van der Waals surface area contributed by atoms with Crippen LogP contribution in [0.2, 0.25) is 0 Å². The summed E-state index contributed by atoms with van der Waals surface area (Å²) in [4.78, 5) is 29.3. The largest absolute Gasteiger partial charge is 0.347 e. The van der Waals surface area contributed by atoms with Gasteiger partial charge in [-0.3, -0.25) is 9.59 Å². The predicted molar refractivity (Wildman–Crippen MR) is 85.7 cm³/mol. The minimum atomic E-state index is -0.316. The number of rotatable bonds is 3. The molecule has 4 nitrogen and oxygen atoms in total. The first-order valence-electron chi connectivity index (χ1n) is 7.12. The van der Waals surface area contributed by atoms with Gasteiger partial charge in [-0.25, -0.2) is 0 Å². The number of likely N-dealkylation sites (tertiary alicyclic amines) is 1. The van der Waals surface area contributed by atoms with E-state index in [1.54, 1.807) is 35.7 Å². The number of amides is 2. The molecule has 0 spiro atoms. The summed E-state index contributed by atoms with van der Waals surface area (Å²) in [7, 11) is 3.48. The third-order valence-electron chi connectivity index (χ3n) is 3.83. The molecule has 1 aliphatic rings. The van der Waals surface area contributed by atoms with Gasteiger partial charge in [0.1, 0.15) is 6.04 Å². The van der Waals surface area contributed by atoms with Crippen molar-refractivity contribution in [1.29, 1.82) is 0 Å². The van der Waals surface area contributed by atoms with Gasteiger partial charge in [0, 0.05) is 25.5 Å². The smallest absolute Gasteiger partial charge is 0.255 e. The van der Waals surface area contributed by atoms with E-state index in [2.05, 4.69) is 0 Å². The molecule has 1 saturated heterocycles. The number of aryl methyl sites for hydroxylation is 1. The Labute approximate surface area is 130 Å². The second-order valence-corrected chi connectivity index (χ2v) is 6.44. The van der Waals surface area contributed by atoms with Crippen molar-refractivity contribution in [3.63, 3.8) is 0 Å². The fraction of sp³-hybridized carbons (Fsp3) is 0.500. The molecule has 1 aromatic rings. The van der Waals surface area contributed by atoms with Gasteiger partial charge in [0.05, 0.1) is 5.56 Å². The highest BCUT2D eigenvalue weighted by Crippen LogP contribution is 2.27. The third kappa shape index (κ3) is 3.23. The predicted octanol–water partition coefficient (Wildman–Crippen LogP) is 2.41. The number of carbonyl (C=O) groups is 2. The molecule has 0 unspecified atom stereocenters. The van der Waals surface area contributed by atoms with Crippen LogP contribution in [0, 0.1) is 6.92 Å². The molecule has 1 aromatic carbocycles. The Hall–Kier alpha value is -1.49. The van der Waals surface area contributed by atoms with Gasteiger partial charge in [-0.1, -0.05) is 6.07 Å². The second-order valence-electron chi connectivity index (χ2n) is 5.59. The van der Waals surface area contributed by atoms with Crippen molar-refractivity contribution in [2.45, 2.75) is 30.7 Å². The summed E-state index contributed by atoms with van der Waals surface area (Å²) < 4.78 is 0. The molecule has 0 bridgehead atoms. The van der Waals surface area contributed by atoms with Crippen LogP contribution in [0.3, 0.4) is 0 Å². The van der Waals surface area contributed by atoms with Crippen LogP contribution in [-0.2, 0) is 4.79 Å². The normalized spacial score (nSPS) is 17.9. The summed E-state index contributed by atoms with van der Waals surface area (Å²) in [6.07, 6.45) is 3.61. The van der Waals surface area contributed by atoms with Crippen LogP contribution < -0.4 is 0 Å². The molecule has 1 aliphatic heterocycles. The number of likely N-dealkylation sites (N-methyl/N-ethyl adjacent to an activating group) is 1. The molecule has 0 saturated carbocycles. The standard InChI is InChI=1S/C16H22N2O2S/c1-11-7-8-12(14(10-11)21-4)15(19)18-9-5-6-13(18)16(20)17(2)3/h7-8,10,13H,5-6,9H2,1-4H3/t13-/m0/s1. The van der Waals surface area contributed by atoms with Gasteiger partial charge in [0.25, 0.3) is 5.91 Å². The maximum absolute atomic E-state index is 12.8. The van der Waals surface area contributed by atoms with Crippen molar-refractivity contribution in [3.05, 3.63) is 29.3 Å². The highest BCUT2D eigenvalue weighted by Gasteiger charge is 2.35. The molecule has 5 heteroatoms. The number of thioether (sulfide) groups is 1. The van der Waals surface area contributed by atoms with Crippen LogP contribution in [0.25, 0.3) is 0 Å². The molecular formula is C16H22N2O2S. The molecule has 114 valence electrons. The summed E-state index contributed by atoms with van der Waals surface area (Å²) in [6, 6.07) is 5.53. The van der Waals surface area contributed by atoms with Crippen molar-refractivity contribution in [2.75, 3.05) is 26.9 Å². The number of hydrogen-bond acceptors (Lipinski definition) is 3. The van der Waals surface area contributed by atoms with E-state index in [4.69, 9.17) is 0 Å². The summed E-state index contributed by atoms with van der Waals surface area (Å²) in [5.74, 6) is -0.0179. The van der Waals surface area contributed by atoms with E-state index in [0.717, 1.165) is 23.3 Å². The van der Waals surface area contributed by atoms with Crippen LogP contribution in [0.5, 0.6) is 0 Å². The minimum absolute atomic E-state index is 0.0127. The van der Waals surface area contributed by atoms with Crippen molar-refractivity contribution in [2.24, 2.45) is 0 Å². The molecule has 1 fully saturated rings. The van der Waals surface area contributed by atoms with Crippen LogP contribution >= 0.6 is 11.8 Å². The summed E-state index contributed by atoms with van der Waals surface area (Å²) >= 11 is 1.57. The molecule has 1 heterocycles. The average molecular weight is 306 g/mol. The van der Waals surface area contributed by atoms with E-state index in [1.165, 1.54) is 0 Å². The monoisotopic (exact) mass is 306 g/mol. The zero-order valence-corrected chi connectivity index (χ0v) is 13.9. The Bertz CT molecular complexity index is 557. The number of benzene rings is 1. The zero-order valence-electron chi connectivity index (χ0n) is 13.0. The fourth-order valence-corrected chi connectivity index (χ4v) is 3.37. The quantitative estimate of drug-likeness (QED) is 0.805. The molecule has 1 atom stereocenters. The first kappa shape index (κ1) is 15.9. The van der Waals surface area contributed by atoms with Gasteiger partial charge in [0.2, 0.25) is 5.91 Å². The molecular weight excluding hydrogens is 284 g/mol. The van der Waals surface area contributed by atoms with Gasteiger partial charge in [-0.2, -0.15) is 0 Å². The molecule has 2 amide bonds. The second kappa shape index (κ2) is 6.52. The lowest BCUT2D eigenvalue weighted by molar-refractivity contribution is -0.132. The highest BCUT2D eigenvalue weighted by atomic mass is 32.2. The van der Waals surface area contributed by atoms with E-state index in [9.17, 15) is 9.59 Å². The number of nitrogens with zero attached hydrogens (tertiary/aromatic N) is 2. The Morgan fingerprint density at radius 2 is 2.05 bits per heavy atom. The van der Waals surface area contributed by atoms with Crippen LogP contribution in [-0.4, -0.2) is 54.6 Å². The van der Waals surface area contributed by atoms with Crippen LogP contribution in [0.4, 0.5) is 0 Å². The summed E-state index contributed by atoms with van der Waals surface area (Å²) in [6.45, 7) is 2.67. The number of carbonyl (C=O) groups excluding carboxylic acids is 2. The molecule has 21 heavy (non-hydrogen) atoms. The van der Waals surface area contributed by atoms with E-state index in [-0.39, 0.29) is 17.9 Å². The number of hydrogen-bond donors (Lipinski definition) is 0. The maximum atomic E-state index is 12.8. The molecule has 0 radical (unpaired) electrons. The van der Waals surface area contributed by atoms with Gasteiger partial charge in [0.15, 0.2) is 0 Å². The first-order chi connectivity index (χ1) is 9.95. The van der Waals surface area contributed by atoms with Crippen molar-refractivity contribution >= 4 is 23.6 Å². The average Bonchev–Trinajstić information content (AvgIpc) is 2.94. The maximum Gasteiger partial charge on any atom is 0.255 e. The van der Waals surface area contributed by atoms with E-state index in [0.29, 0.717) is 12.1 Å². The fourth-order valence-electron chi connectivity index (χ4n) is 2.69. The lowest BCUT2D eigenvalue weighted by atomic mass is 10.1. The molecule has 2 rings (SSSR count). The molecule has 0 aromatic heterocycles. The third-order valence-corrected chi connectivity index (χ3v) is 4.60. The summed E-state index contributed by atoms with van der Waals surface area (Å²) in [5, 5.41) is 0. The van der Waals surface area contributed by atoms with E-state index in [1.807, 2.05) is 31.4 Å². The first-order valence-corrected chi connectivity index (χ1v) is 8.35. The van der Waals surface area contributed by atoms with Gasteiger partial charge in [-0.15, -0.1) is 11.8 Å². The lowest BCUT2D eigenvalue weighted by Gasteiger charge is -2.27. The van der Waals surface area contributed by atoms with Crippen molar-refractivity contribution in [1.82, 2.24) is 9.80 Å². The molecule has 0 N–H and O–H groups in total.